The molecule has 1 N–H and O–H groups in total. The van der Waals surface area contributed by atoms with E-state index < -0.39 is 0 Å². The Labute approximate surface area is 133 Å². The maximum Gasteiger partial charge on any atom is 0.118 e. The average molecular weight is 295 g/mol. The van der Waals surface area contributed by atoms with Crippen LogP contribution in [0.25, 0.3) is 33.2 Å². The topological polar surface area (TPSA) is 52.5 Å². The van der Waals surface area contributed by atoms with Crippen LogP contribution in [-0.2, 0) is 0 Å². The van der Waals surface area contributed by atoms with Gasteiger partial charge in [0.15, 0.2) is 0 Å². The number of pyridine rings is 1. The van der Waals surface area contributed by atoms with Gasteiger partial charge in [-0.2, -0.15) is 5.26 Å². The second-order valence-corrected chi connectivity index (χ2v) is 5.39. The standard InChI is InChI=1S/C20H13N3/c21-11-17-10-18-19(12-22-13-20(18)23-17)16-8-4-7-15(9-16)14-5-2-1-3-6-14/h1-10,12-13,23H. The van der Waals surface area contributed by atoms with Crippen LogP contribution in [0.5, 0.6) is 0 Å². The van der Waals surface area contributed by atoms with Crippen molar-refractivity contribution in [3.05, 3.63) is 78.8 Å². The predicted octanol–water partition coefficient (Wildman–Crippen LogP) is 4.77. The molecule has 0 fully saturated rings. The van der Waals surface area contributed by atoms with Crippen molar-refractivity contribution >= 4 is 10.9 Å². The molecule has 4 aromatic rings. The summed E-state index contributed by atoms with van der Waals surface area (Å²) in [6.07, 6.45) is 3.60. The van der Waals surface area contributed by atoms with E-state index in [0.717, 1.165) is 27.6 Å². The molecule has 0 bridgehead atoms. The minimum Gasteiger partial charge on any atom is -0.345 e. The van der Waals surface area contributed by atoms with Gasteiger partial charge in [0.05, 0.1) is 11.7 Å². The van der Waals surface area contributed by atoms with Gasteiger partial charge in [0.1, 0.15) is 11.8 Å². The van der Waals surface area contributed by atoms with Crippen LogP contribution in [0.2, 0.25) is 0 Å². The highest BCUT2D eigenvalue weighted by Crippen LogP contribution is 2.31. The normalized spacial score (nSPS) is 10.6. The Bertz CT molecular complexity index is 1020. The molecule has 0 aliphatic heterocycles. The molecule has 2 heterocycles. The number of nitriles is 1. The fourth-order valence-electron chi connectivity index (χ4n) is 2.84. The van der Waals surface area contributed by atoms with Crippen LogP contribution in [0.15, 0.2) is 73.1 Å². The van der Waals surface area contributed by atoms with Crippen molar-refractivity contribution in [1.82, 2.24) is 9.97 Å². The summed E-state index contributed by atoms with van der Waals surface area (Å²) in [4.78, 5) is 7.38. The fraction of sp³-hybridized carbons (Fsp3) is 0. The third-order valence-corrected chi connectivity index (χ3v) is 3.95. The van der Waals surface area contributed by atoms with Gasteiger partial charge in [0.2, 0.25) is 0 Å². The summed E-state index contributed by atoms with van der Waals surface area (Å²) < 4.78 is 0. The van der Waals surface area contributed by atoms with E-state index in [0.29, 0.717) is 5.69 Å². The van der Waals surface area contributed by atoms with E-state index in [4.69, 9.17) is 5.26 Å². The summed E-state index contributed by atoms with van der Waals surface area (Å²) in [6, 6.07) is 22.7. The summed E-state index contributed by atoms with van der Waals surface area (Å²) in [6.45, 7) is 0. The maximum absolute atomic E-state index is 9.09. The van der Waals surface area contributed by atoms with Crippen molar-refractivity contribution < 1.29 is 0 Å². The van der Waals surface area contributed by atoms with E-state index in [9.17, 15) is 0 Å². The highest BCUT2D eigenvalue weighted by atomic mass is 14.8. The first-order valence-corrected chi connectivity index (χ1v) is 7.38. The zero-order chi connectivity index (χ0) is 15.6. The summed E-state index contributed by atoms with van der Waals surface area (Å²) in [5, 5.41) is 10.1. The van der Waals surface area contributed by atoms with Gasteiger partial charge >= 0.3 is 0 Å². The Hall–Kier alpha value is -3.38. The summed E-state index contributed by atoms with van der Waals surface area (Å²) in [5.74, 6) is 0. The van der Waals surface area contributed by atoms with Crippen molar-refractivity contribution in [2.24, 2.45) is 0 Å². The van der Waals surface area contributed by atoms with E-state index >= 15 is 0 Å². The van der Waals surface area contributed by atoms with E-state index in [1.807, 2.05) is 36.5 Å². The molecule has 2 aromatic heterocycles. The van der Waals surface area contributed by atoms with Crippen molar-refractivity contribution in [2.75, 3.05) is 0 Å². The van der Waals surface area contributed by atoms with Gasteiger partial charge in [0, 0.05) is 17.1 Å². The lowest BCUT2D eigenvalue weighted by Crippen LogP contribution is -1.84. The van der Waals surface area contributed by atoms with Gasteiger partial charge in [-0.15, -0.1) is 0 Å². The molecule has 0 amide bonds. The van der Waals surface area contributed by atoms with E-state index in [1.54, 1.807) is 6.20 Å². The van der Waals surface area contributed by atoms with E-state index in [1.165, 1.54) is 5.56 Å². The van der Waals surface area contributed by atoms with Crippen molar-refractivity contribution in [3.8, 4) is 28.3 Å². The minimum atomic E-state index is 0.550. The number of benzene rings is 2. The van der Waals surface area contributed by atoms with Crippen molar-refractivity contribution in [1.29, 1.82) is 5.26 Å². The fourth-order valence-corrected chi connectivity index (χ4v) is 2.84. The molecule has 0 unspecified atom stereocenters. The second kappa shape index (κ2) is 5.43. The lowest BCUT2D eigenvalue weighted by atomic mass is 9.98. The van der Waals surface area contributed by atoms with Crippen LogP contribution in [0, 0.1) is 11.3 Å². The number of hydrogen-bond donors (Lipinski definition) is 1. The zero-order valence-corrected chi connectivity index (χ0v) is 12.3. The molecule has 0 aliphatic rings. The first kappa shape index (κ1) is 13.3. The number of rotatable bonds is 2. The lowest BCUT2D eigenvalue weighted by molar-refractivity contribution is 1.32. The van der Waals surface area contributed by atoms with Crippen LogP contribution in [0.3, 0.4) is 0 Å². The van der Waals surface area contributed by atoms with Crippen molar-refractivity contribution in [2.45, 2.75) is 0 Å². The SMILES string of the molecule is N#Cc1cc2c(-c3cccc(-c4ccccc4)c3)cncc2[nH]1. The molecule has 0 atom stereocenters. The largest absolute Gasteiger partial charge is 0.345 e. The van der Waals surface area contributed by atoms with E-state index in [2.05, 4.69) is 46.4 Å². The third-order valence-electron chi connectivity index (χ3n) is 3.95. The van der Waals surface area contributed by atoms with Gasteiger partial charge in [-0.05, 0) is 28.8 Å². The van der Waals surface area contributed by atoms with Crippen molar-refractivity contribution in [3.63, 3.8) is 0 Å². The average Bonchev–Trinajstić information content (AvgIpc) is 3.06. The quantitative estimate of drug-likeness (QED) is 0.579. The van der Waals surface area contributed by atoms with Gasteiger partial charge < -0.3 is 4.98 Å². The molecule has 108 valence electrons. The molecule has 23 heavy (non-hydrogen) atoms. The Balaban J connectivity index is 1.89. The summed E-state index contributed by atoms with van der Waals surface area (Å²) in [7, 11) is 0. The molecule has 0 saturated heterocycles. The van der Waals surface area contributed by atoms with Gasteiger partial charge in [0.25, 0.3) is 0 Å². The second-order valence-electron chi connectivity index (χ2n) is 5.39. The molecular formula is C20H13N3. The Morgan fingerprint density at radius 1 is 0.826 bits per heavy atom. The van der Waals surface area contributed by atoms with E-state index in [-0.39, 0.29) is 0 Å². The molecular weight excluding hydrogens is 282 g/mol. The summed E-state index contributed by atoms with van der Waals surface area (Å²) in [5.41, 5.74) is 5.89. The number of aromatic amines is 1. The number of nitrogens with zero attached hydrogens (tertiary/aromatic N) is 2. The number of fused-ring (bicyclic) bond motifs is 1. The summed E-state index contributed by atoms with van der Waals surface area (Å²) >= 11 is 0. The Morgan fingerprint density at radius 3 is 2.43 bits per heavy atom. The van der Waals surface area contributed by atoms with Crippen LogP contribution in [-0.4, -0.2) is 9.97 Å². The predicted molar refractivity (Wildman–Crippen MR) is 91.7 cm³/mol. The third kappa shape index (κ3) is 2.37. The number of nitrogens with one attached hydrogen (secondary N) is 1. The lowest BCUT2D eigenvalue weighted by Gasteiger charge is -2.07. The highest BCUT2D eigenvalue weighted by Gasteiger charge is 2.09. The molecule has 2 aromatic carbocycles. The number of H-pyrrole nitrogens is 1. The smallest absolute Gasteiger partial charge is 0.118 e. The molecule has 4 rings (SSSR count). The van der Waals surface area contributed by atoms with Gasteiger partial charge in [-0.25, -0.2) is 0 Å². The van der Waals surface area contributed by atoms with Crippen LogP contribution < -0.4 is 0 Å². The molecule has 0 saturated carbocycles. The van der Waals surface area contributed by atoms with Gasteiger partial charge in [-0.3, -0.25) is 4.98 Å². The molecule has 0 radical (unpaired) electrons. The van der Waals surface area contributed by atoms with Gasteiger partial charge in [-0.1, -0.05) is 48.5 Å². The molecule has 0 aliphatic carbocycles. The molecule has 3 heteroatoms. The number of aromatic nitrogens is 2. The first-order chi connectivity index (χ1) is 11.3. The van der Waals surface area contributed by atoms with Crippen LogP contribution >= 0.6 is 0 Å². The minimum absolute atomic E-state index is 0.550. The molecule has 3 nitrogen and oxygen atoms in total. The van der Waals surface area contributed by atoms with Crippen LogP contribution in [0.1, 0.15) is 5.69 Å². The van der Waals surface area contributed by atoms with Crippen LogP contribution in [0.4, 0.5) is 0 Å². The molecule has 0 spiro atoms. The first-order valence-electron chi connectivity index (χ1n) is 7.38. The Morgan fingerprint density at radius 2 is 1.61 bits per heavy atom. The maximum atomic E-state index is 9.09. The monoisotopic (exact) mass is 295 g/mol. The highest BCUT2D eigenvalue weighted by molar-refractivity contribution is 5.95. The Kier molecular flexibility index (Phi) is 3.14. The zero-order valence-electron chi connectivity index (χ0n) is 12.3. The number of hydrogen-bond acceptors (Lipinski definition) is 2.